The third kappa shape index (κ3) is 6.81. The second kappa shape index (κ2) is 9.50. The first kappa shape index (κ1) is 23.4. The van der Waals surface area contributed by atoms with Gasteiger partial charge in [0.1, 0.15) is 4.21 Å². The highest BCUT2D eigenvalue weighted by molar-refractivity contribution is 7.91. The van der Waals surface area contributed by atoms with Gasteiger partial charge >= 0.3 is 0 Å². The molecule has 1 aliphatic heterocycles. The lowest BCUT2D eigenvalue weighted by atomic mass is 9.96. The molecular formula is C17H30ClN3O3S2. The monoisotopic (exact) mass is 423 g/mol. The van der Waals surface area contributed by atoms with Crippen molar-refractivity contribution in [3.8, 4) is 0 Å². The quantitative estimate of drug-likeness (QED) is 0.655. The van der Waals surface area contributed by atoms with Crippen molar-refractivity contribution in [3.63, 3.8) is 0 Å². The van der Waals surface area contributed by atoms with Gasteiger partial charge in [-0.15, -0.1) is 23.7 Å². The van der Waals surface area contributed by atoms with Gasteiger partial charge in [0.2, 0.25) is 15.9 Å². The minimum absolute atomic E-state index is 0. The molecule has 0 saturated carbocycles. The minimum atomic E-state index is -3.47. The first-order valence-corrected chi connectivity index (χ1v) is 11.0. The molecule has 0 aliphatic carbocycles. The molecule has 2 atom stereocenters. The Bertz CT molecular complexity index is 698. The Morgan fingerprint density at radius 1 is 1.35 bits per heavy atom. The van der Waals surface area contributed by atoms with Gasteiger partial charge in [-0.1, -0.05) is 20.8 Å². The van der Waals surface area contributed by atoms with Crippen molar-refractivity contribution in [1.29, 1.82) is 0 Å². The van der Waals surface area contributed by atoms with Gasteiger partial charge in [0.05, 0.1) is 0 Å². The summed E-state index contributed by atoms with van der Waals surface area (Å²) < 4.78 is 28.3. The average Bonchev–Trinajstić information content (AvgIpc) is 2.95. The summed E-state index contributed by atoms with van der Waals surface area (Å²) in [5.74, 6) is -0.00130. The number of nitrogens with one attached hydrogen (secondary N) is 3. The van der Waals surface area contributed by atoms with E-state index in [9.17, 15) is 13.2 Å². The molecule has 26 heavy (non-hydrogen) atoms. The van der Waals surface area contributed by atoms with Crippen LogP contribution >= 0.6 is 23.7 Å². The van der Waals surface area contributed by atoms with E-state index < -0.39 is 15.4 Å². The van der Waals surface area contributed by atoms with E-state index in [2.05, 4.69) is 22.3 Å². The Morgan fingerprint density at radius 2 is 2.04 bits per heavy atom. The van der Waals surface area contributed by atoms with Gasteiger partial charge in [0.15, 0.2) is 0 Å². The molecule has 2 rings (SSSR count). The molecule has 0 bridgehead atoms. The van der Waals surface area contributed by atoms with E-state index in [1.165, 1.54) is 11.3 Å². The van der Waals surface area contributed by atoms with E-state index in [1.54, 1.807) is 6.07 Å². The van der Waals surface area contributed by atoms with Crippen LogP contribution in [0.4, 0.5) is 0 Å². The lowest BCUT2D eigenvalue weighted by Crippen LogP contribution is -2.46. The van der Waals surface area contributed by atoms with Crippen LogP contribution in [-0.4, -0.2) is 39.5 Å². The van der Waals surface area contributed by atoms with Crippen LogP contribution in [0.1, 0.15) is 45.4 Å². The molecule has 0 spiro atoms. The second-order valence-electron chi connectivity index (χ2n) is 7.67. The highest BCUT2D eigenvalue weighted by atomic mass is 35.5. The predicted octanol–water partition coefficient (Wildman–Crippen LogP) is 2.29. The summed E-state index contributed by atoms with van der Waals surface area (Å²) in [6.07, 6.45) is 2.24. The minimum Gasteiger partial charge on any atom is -0.355 e. The molecule has 1 saturated heterocycles. The van der Waals surface area contributed by atoms with Crippen LogP contribution in [-0.2, 0) is 21.2 Å². The zero-order valence-corrected chi connectivity index (χ0v) is 18.2. The number of carbonyl (C=O) groups excluding carboxylic acids is 1. The summed E-state index contributed by atoms with van der Waals surface area (Å²) in [7, 11) is -3.47. The molecule has 1 aromatic rings. The summed E-state index contributed by atoms with van der Waals surface area (Å²) in [5, 5.41) is 6.20. The summed E-state index contributed by atoms with van der Waals surface area (Å²) in [5.41, 5.74) is -0.417. The van der Waals surface area contributed by atoms with Gasteiger partial charge in [0, 0.05) is 28.9 Å². The largest absolute Gasteiger partial charge is 0.355 e. The molecule has 1 fully saturated rings. The van der Waals surface area contributed by atoms with Gasteiger partial charge in [0.25, 0.3) is 0 Å². The fraction of sp³-hybridized carbons (Fsp3) is 0.706. The maximum absolute atomic E-state index is 12.5. The normalized spacial score (nSPS) is 21.1. The van der Waals surface area contributed by atoms with E-state index in [1.807, 2.05) is 26.8 Å². The van der Waals surface area contributed by atoms with Crippen LogP contribution < -0.4 is 15.4 Å². The molecule has 6 nitrogen and oxygen atoms in total. The van der Waals surface area contributed by atoms with Crippen molar-refractivity contribution in [2.45, 2.75) is 63.3 Å². The molecular weight excluding hydrogens is 394 g/mol. The van der Waals surface area contributed by atoms with Crippen LogP contribution in [0.25, 0.3) is 0 Å². The fourth-order valence-corrected chi connectivity index (χ4v) is 5.37. The number of thiophene rings is 1. The lowest BCUT2D eigenvalue weighted by Gasteiger charge is -2.28. The third-order valence-electron chi connectivity index (χ3n) is 4.19. The highest BCUT2D eigenvalue weighted by Gasteiger charge is 2.25. The molecule has 150 valence electrons. The van der Waals surface area contributed by atoms with E-state index in [4.69, 9.17) is 0 Å². The Balaban J connectivity index is 0.00000338. The Hall–Kier alpha value is -0.670. The van der Waals surface area contributed by atoms with E-state index in [0.29, 0.717) is 23.2 Å². The van der Waals surface area contributed by atoms with Crippen LogP contribution in [0.3, 0.4) is 0 Å². The molecule has 1 amide bonds. The molecule has 1 aliphatic rings. The lowest BCUT2D eigenvalue weighted by molar-refractivity contribution is -0.128. The van der Waals surface area contributed by atoms with Crippen molar-refractivity contribution < 1.29 is 13.2 Å². The number of hydrogen-bond donors (Lipinski definition) is 3. The molecule has 2 heterocycles. The Morgan fingerprint density at radius 3 is 2.65 bits per heavy atom. The number of halogens is 1. The summed E-state index contributed by atoms with van der Waals surface area (Å²) in [6.45, 7) is 9.00. The third-order valence-corrected chi connectivity index (χ3v) is 7.34. The molecule has 0 radical (unpaired) electrons. The van der Waals surface area contributed by atoms with Crippen LogP contribution in [0.15, 0.2) is 16.3 Å². The number of piperidine rings is 1. The van der Waals surface area contributed by atoms with Crippen molar-refractivity contribution in [3.05, 3.63) is 17.0 Å². The van der Waals surface area contributed by atoms with E-state index in [0.717, 1.165) is 24.3 Å². The number of hydrogen-bond acceptors (Lipinski definition) is 5. The summed E-state index contributed by atoms with van der Waals surface area (Å²) in [6, 6.07) is 3.79. The van der Waals surface area contributed by atoms with Crippen molar-refractivity contribution in [1.82, 2.24) is 15.4 Å². The highest BCUT2D eigenvalue weighted by Crippen LogP contribution is 2.23. The Kier molecular flexibility index (Phi) is 8.54. The van der Waals surface area contributed by atoms with Gasteiger partial charge in [-0.2, -0.15) is 0 Å². The van der Waals surface area contributed by atoms with E-state index >= 15 is 0 Å². The molecule has 1 aromatic heterocycles. The summed E-state index contributed by atoms with van der Waals surface area (Å²) >= 11 is 1.27. The van der Waals surface area contributed by atoms with E-state index in [-0.39, 0.29) is 24.4 Å². The van der Waals surface area contributed by atoms with Crippen LogP contribution in [0.5, 0.6) is 0 Å². The van der Waals surface area contributed by atoms with Gasteiger partial charge in [-0.05, 0) is 44.9 Å². The van der Waals surface area contributed by atoms with Crippen LogP contribution in [0.2, 0.25) is 0 Å². The smallest absolute Gasteiger partial charge is 0.250 e. The Labute approximate surface area is 167 Å². The first-order valence-electron chi connectivity index (χ1n) is 8.70. The summed E-state index contributed by atoms with van der Waals surface area (Å²) in [4.78, 5) is 12.8. The molecule has 3 N–H and O–H groups in total. The van der Waals surface area contributed by atoms with Gasteiger partial charge in [-0.25, -0.2) is 13.1 Å². The van der Waals surface area contributed by atoms with Crippen molar-refractivity contribution >= 4 is 39.7 Å². The van der Waals surface area contributed by atoms with Crippen LogP contribution in [0, 0.1) is 5.41 Å². The van der Waals surface area contributed by atoms with Crippen molar-refractivity contribution in [2.75, 3.05) is 13.1 Å². The maximum atomic E-state index is 12.5. The topological polar surface area (TPSA) is 87.3 Å². The number of carbonyl (C=O) groups is 1. The zero-order valence-electron chi connectivity index (χ0n) is 15.8. The SMILES string of the molecule is CC1CC(NS(=O)(=O)c2ccc(CCNC(=O)C(C)(C)C)s2)CCN1.Cl. The maximum Gasteiger partial charge on any atom is 0.250 e. The second-order valence-corrected chi connectivity index (χ2v) is 10.8. The zero-order chi connectivity index (χ0) is 18.7. The molecule has 2 unspecified atom stereocenters. The molecule has 9 heteroatoms. The molecule has 0 aromatic carbocycles. The van der Waals surface area contributed by atoms with Gasteiger partial charge in [-0.3, -0.25) is 4.79 Å². The predicted molar refractivity (Wildman–Crippen MR) is 109 cm³/mol. The van der Waals surface area contributed by atoms with Gasteiger partial charge < -0.3 is 10.6 Å². The first-order chi connectivity index (χ1) is 11.6. The standard InChI is InChI=1S/C17H29N3O3S2.ClH/c1-12-11-13(7-9-18-12)20-25(22,23)15-6-5-14(24-15)8-10-19-16(21)17(2,3)4;/h5-6,12-13,18,20H,7-11H2,1-4H3,(H,19,21);1H. The fourth-order valence-electron chi connectivity index (χ4n) is 2.72. The average molecular weight is 424 g/mol. The number of rotatable bonds is 6. The van der Waals surface area contributed by atoms with Crippen molar-refractivity contribution in [2.24, 2.45) is 5.41 Å². The number of amides is 1. The number of sulfonamides is 1.